The van der Waals surface area contributed by atoms with Crippen LogP contribution in [0.2, 0.25) is 0 Å². The fourth-order valence-electron chi connectivity index (χ4n) is 7.12. The van der Waals surface area contributed by atoms with Gasteiger partial charge in [-0.3, -0.25) is 24.0 Å². The van der Waals surface area contributed by atoms with Gasteiger partial charge in [-0.05, 0) is 68.5 Å². The third-order valence-corrected chi connectivity index (χ3v) is 10.2. The van der Waals surface area contributed by atoms with Gasteiger partial charge in [-0.15, -0.1) is 0 Å². The van der Waals surface area contributed by atoms with Crippen LogP contribution in [0, 0.1) is 11.3 Å². The minimum atomic E-state index is -4.92. The van der Waals surface area contributed by atoms with E-state index in [9.17, 15) is 37.1 Å². The molecular weight excluding hydrogens is 703 g/mol. The van der Waals surface area contributed by atoms with Gasteiger partial charge < -0.3 is 37.2 Å². The molecule has 5 amide bonds. The molecule has 0 radical (unpaired) electrons. The second-order valence-corrected chi connectivity index (χ2v) is 15.1. The van der Waals surface area contributed by atoms with E-state index in [4.69, 9.17) is 11.5 Å². The van der Waals surface area contributed by atoms with E-state index in [2.05, 4.69) is 16.0 Å². The van der Waals surface area contributed by atoms with E-state index in [0.29, 0.717) is 38.6 Å². The minimum absolute atomic E-state index is 0.00863. The fourth-order valence-corrected chi connectivity index (χ4v) is 7.12. The molecule has 2 aliphatic heterocycles. The molecule has 2 aromatic carbocycles. The van der Waals surface area contributed by atoms with Crippen molar-refractivity contribution in [3.63, 3.8) is 0 Å². The van der Waals surface area contributed by atoms with Crippen LogP contribution in [0.5, 0.6) is 0 Å². The summed E-state index contributed by atoms with van der Waals surface area (Å²) >= 11 is 0. The monoisotopic (exact) mass is 757 g/mol. The van der Waals surface area contributed by atoms with Gasteiger partial charge in [0.2, 0.25) is 23.6 Å². The topological polar surface area (TPSA) is 180 Å². The Kier molecular flexibility index (Phi) is 15.0. The van der Waals surface area contributed by atoms with Crippen LogP contribution in [0.3, 0.4) is 0 Å². The molecule has 0 saturated carbocycles. The number of carbonyl (C=O) groups excluding carboxylic acids is 5. The lowest BCUT2D eigenvalue weighted by Gasteiger charge is -2.54. The first-order chi connectivity index (χ1) is 25.6. The molecule has 15 heteroatoms. The van der Waals surface area contributed by atoms with Crippen LogP contribution in [-0.4, -0.2) is 102 Å². The third-order valence-electron chi connectivity index (χ3n) is 10.2. The lowest BCUT2D eigenvalue weighted by molar-refractivity contribution is -0.198. The van der Waals surface area contributed by atoms with Gasteiger partial charge in [-0.25, -0.2) is 0 Å². The Balaban J connectivity index is 1.43. The molecule has 2 fully saturated rings. The van der Waals surface area contributed by atoms with E-state index in [1.807, 2.05) is 74.5 Å². The first-order valence-electron chi connectivity index (χ1n) is 18.7. The summed E-state index contributed by atoms with van der Waals surface area (Å²) in [5.41, 5.74) is 13.1. The Hall–Kier alpha value is -4.50. The summed E-state index contributed by atoms with van der Waals surface area (Å²) in [6.45, 7) is 4.72. The summed E-state index contributed by atoms with van der Waals surface area (Å²) < 4.78 is 38.7. The van der Waals surface area contributed by atoms with E-state index in [0.717, 1.165) is 16.0 Å². The Labute approximate surface area is 314 Å². The number of nitrogens with two attached hydrogens (primary N) is 2. The number of alkyl halides is 3. The van der Waals surface area contributed by atoms with Gasteiger partial charge in [0.05, 0.1) is 6.04 Å². The summed E-state index contributed by atoms with van der Waals surface area (Å²) in [6.07, 6.45) is -1.94. The highest BCUT2D eigenvalue weighted by molar-refractivity contribution is 5.95. The second kappa shape index (κ2) is 19.2. The molecule has 0 aliphatic carbocycles. The molecule has 54 heavy (non-hydrogen) atoms. The number of hydrogen-bond acceptors (Lipinski definition) is 7. The van der Waals surface area contributed by atoms with E-state index in [1.54, 1.807) is 4.90 Å². The number of hydrogen-bond donors (Lipinski definition) is 5. The van der Waals surface area contributed by atoms with Crippen molar-refractivity contribution in [2.24, 2.45) is 22.8 Å². The van der Waals surface area contributed by atoms with Crippen molar-refractivity contribution < 1.29 is 37.1 Å². The Bertz CT molecular complexity index is 1560. The number of carbonyl (C=O) groups is 5. The van der Waals surface area contributed by atoms with E-state index >= 15 is 0 Å². The molecule has 1 spiro atoms. The first kappa shape index (κ1) is 42.2. The highest BCUT2D eigenvalue weighted by Crippen LogP contribution is 2.42. The summed E-state index contributed by atoms with van der Waals surface area (Å²) in [7, 11) is 0. The SMILES string of the molecule is CC(C)C[C@@H](NC(=O)[C@@H](Cc1ccccc1)NC(=O)[C@H](N)Cc1ccccc1)C(=O)N[C@H](CCCCN)C(=O)N1CCC2(CC1)CN(C(=O)C(F)(F)F)C2. The number of nitrogens with one attached hydrogen (secondary N) is 3. The maximum atomic E-state index is 13.9. The number of nitrogens with zero attached hydrogens (tertiary/aromatic N) is 2. The summed E-state index contributed by atoms with van der Waals surface area (Å²) in [6, 6.07) is 14.5. The lowest BCUT2D eigenvalue weighted by Crippen LogP contribution is -2.65. The van der Waals surface area contributed by atoms with Gasteiger partial charge in [0.1, 0.15) is 18.1 Å². The van der Waals surface area contributed by atoms with Crippen LogP contribution in [0.15, 0.2) is 60.7 Å². The van der Waals surface area contributed by atoms with Crippen LogP contribution in [0.25, 0.3) is 0 Å². The Morgan fingerprint density at radius 1 is 0.741 bits per heavy atom. The second-order valence-electron chi connectivity index (χ2n) is 15.1. The average Bonchev–Trinajstić information content (AvgIpc) is 3.12. The van der Waals surface area contributed by atoms with Gasteiger partial charge in [0.25, 0.3) is 0 Å². The molecule has 0 aromatic heterocycles. The normalized spacial score (nSPS) is 17.6. The molecule has 4 rings (SSSR count). The van der Waals surface area contributed by atoms with Crippen molar-refractivity contribution in [2.45, 2.75) is 95.6 Å². The zero-order chi connectivity index (χ0) is 39.5. The van der Waals surface area contributed by atoms with E-state index < -0.39 is 59.4 Å². The highest BCUT2D eigenvalue weighted by Gasteiger charge is 2.53. The molecule has 2 saturated heterocycles. The lowest BCUT2D eigenvalue weighted by atomic mass is 9.72. The van der Waals surface area contributed by atoms with Crippen molar-refractivity contribution in [1.82, 2.24) is 25.8 Å². The summed E-state index contributed by atoms with van der Waals surface area (Å²) in [5.74, 6) is -3.85. The molecule has 0 bridgehead atoms. The zero-order valence-electron chi connectivity index (χ0n) is 31.1. The van der Waals surface area contributed by atoms with Crippen molar-refractivity contribution in [2.75, 3.05) is 32.7 Å². The molecule has 2 heterocycles. The van der Waals surface area contributed by atoms with Crippen molar-refractivity contribution in [1.29, 1.82) is 0 Å². The van der Waals surface area contributed by atoms with Gasteiger partial charge in [-0.1, -0.05) is 74.5 Å². The number of rotatable bonds is 17. The van der Waals surface area contributed by atoms with Gasteiger partial charge in [0, 0.05) is 38.0 Å². The summed E-state index contributed by atoms with van der Waals surface area (Å²) in [5, 5.41) is 8.51. The van der Waals surface area contributed by atoms with E-state index in [-0.39, 0.29) is 57.3 Å². The van der Waals surface area contributed by atoms with Crippen LogP contribution >= 0.6 is 0 Å². The number of likely N-dealkylation sites (tertiary alicyclic amines) is 2. The van der Waals surface area contributed by atoms with E-state index in [1.165, 1.54) is 0 Å². The predicted molar refractivity (Wildman–Crippen MR) is 197 cm³/mol. The number of amides is 5. The quantitative estimate of drug-likeness (QED) is 0.154. The van der Waals surface area contributed by atoms with Crippen LogP contribution < -0.4 is 27.4 Å². The number of benzene rings is 2. The highest BCUT2D eigenvalue weighted by atomic mass is 19.4. The van der Waals surface area contributed by atoms with Gasteiger partial charge in [0.15, 0.2) is 0 Å². The molecule has 2 aliphatic rings. The molecule has 12 nitrogen and oxygen atoms in total. The summed E-state index contributed by atoms with van der Waals surface area (Å²) in [4.78, 5) is 69.1. The van der Waals surface area contributed by atoms with Crippen molar-refractivity contribution in [3.8, 4) is 0 Å². The van der Waals surface area contributed by atoms with Crippen LogP contribution in [-0.2, 0) is 36.8 Å². The van der Waals surface area contributed by atoms with Crippen LogP contribution in [0.1, 0.15) is 63.5 Å². The fraction of sp³-hybridized carbons (Fsp3) is 0.564. The molecule has 7 N–H and O–H groups in total. The molecule has 296 valence electrons. The largest absolute Gasteiger partial charge is 0.471 e. The van der Waals surface area contributed by atoms with Gasteiger partial charge in [-0.2, -0.15) is 13.2 Å². The van der Waals surface area contributed by atoms with Crippen molar-refractivity contribution in [3.05, 3.63) is 71.8 Å². The minimum Gasteiger partial charge on any atom is -0.343 e. The maximum Gasteiger partial charge on any atom is 0.471 e. The number of unbranched alkanes of at least 4 members (excludes halogenated alkanes) is 1. The predicted octanol–water partition coefficient (Wildman–Crippen LogP) is 2.44. The average molecular weight is 758 g/mol. The number of piperidine rings is 1. The Morgan fingerprint density at radius 2 is 1.26 bits per heavy atom. The Morgan fingerprint density at radius 3 is 1.80 bits per heavy atom. The molecule has 2 aromatic rings. The number of halogens is 3. The molecule has 0 unspecified atom stereocenters. The first-order valence-corrected chi connectivity index (χ1v) is 18.7. The smallest absolute Gasteiger partial charge is 0.343 e. The molecular formula is C39H54F3N7O5. The zero-order valence-corrected chi connectivity index (χ0v) is 31.1. The van der Waals surface area contributed by atoms with Gasteiger partial charge >= 0.3 is 12.1 Å². The third kappa shape index (κ3) is 12.0. The molecule has 4 atom stereocenters. The standard InChI is InChI=1S/C39H54F3N7O5/c1-26(2)21-31(47-35(52)32(23-28-13-7-4-8-14-28)46-33(50)29(44)22-27-11-5-3-6-12-27)34(51)45-30(15-9-10-18-43)36(53)48-19-16-38(17-20-48)24-49(25-38)37(54)39(40,41)42/h3-8,11-14,26,29-32H,9-10,15-25,43-44H2,1-2H3,(H,45,51)(H,46,50)(H,47,52)/t29-,30-,31-,32-/m1/s1. The van der Waals surface area contributed by atoms with Crippen molar-refractivity contribution >= 4 is 29.5 Å². The van der Waals surface area contributed by atoms with Crippen LogP contribution in [0.4, 0.5) is 13.2 Å². The maximum absolute atomic E-state index is 13.9.